The zero-order valence-electron chi connectivity index (χ0n) is 10.8. The summed E-state index contributed by atoms with van der Waals surface area (Å²) in [6.07, 6.45) is 0. The van der Waals surface area contributed by atoms with Gasteiger partial charge in [0.2, 0.25) is 0 Å². The molecule has 16 heavy (non-hydrogen) atoms. The number of rotatable bonds is 11. The van der Waals surface area contributed by atoms with E-state index in [2.05, 4.69) is 0 Å². The molecule has 98 valence electrons. The summed E-state index contributed by atoms with van der Waals surface area (Å²) in [7, 11) is 5.08. The van der Waals surface area contributed by atoms with E-state index in [-0.39, 0.29) is 6.61 Å². The molecule has 0 saturated heterocycles. The first-order valence-corrected chi connectivity index (χ1v) is 5.67. The fourth-order valence-corrected chi connectivity index (χ4v) is 1.74. The predicted octanol–water partition coefficient (Wildman–Crippen LogP) is -0.265. The Bertz CT molecular complexity index is 133. The fourth-order valence-electron chi connectivity index (χ4n) is 1.74. The van der Waals surface area contributed by atoms with E-state index in [1.165, 1.54) is 0 Å². The van der Waals surface area contributed by atoms with Crippen molar-refractivity contribution in [3.8, 4) is 0 Å². The highest BCUT2D eigenvalue weighted by Gasteiger charge is 2.25. The Morgan fingerprint density at radius 2 is 1.12 bits per heavy atom. The molecule has 0 aliphatic heterocycles. The van der Waals surface area contributed by atoms with Crippen LogP contribution in [-0.2, 0) is 14.2 Å². The number of ether oxygens (including phenoxy) is 3. The quantitative estimate of drug-likeness (QED) is 0.502. The largest absolute Gasteiger partial charge is 0.391 e. The van der Waals surface area contributed by atoms with E-state index in [4.69, 9.17) is 19.3 Å². The third-order valence-electron chi connectivity index (χ3n) is 2.88. The van der Waals surface area contributed by atoms with Gasteiger partial charge in [0, 0.05) is 21.3 Å². The fraction of sp³-hybridized carbons (Fsp3) is 1.00. The van der Waals surface area contributed by atoms with Crippen molar-refractivity contribution in [3.63, 3.8) is 0 Å². The summed E-state index contributed by atoms with van der Waals surface area (Å²) < 4.78 is 16.2. The normalized spacial score (nSPS) is 12.0. The molecule has 0 heterocycles. The third kappa shape index (κ3) is 6.40. The van der Waals surface area contributed by atoms with Crippen LogP contribution in [0.1, 0.15) is 0 Å². The number of nitrogens with zero attached hydrogens (tertiary/aromatic N) is 1. The van der Waals surface area contributed by atoms with Gasteiger partial charge in [0.05, 0.1) is 26.4 Å². The van der Waals surface area contributed by atoms with E-state index < -0.39 is 0 Å². The van der Waals surface area contributed by atoms with E-state index in [1.54, 1.807) is 21.3 Å². The maximum absolute atomic E-state index is 9.16. The number of aliphatic hydroxyl groups is 1. The van der Waals surface area contributed by atoms with Crippen LogP contribution in [0.3, 0.4) is 0 Å². The van der Waals surface area contributed by atoms with Gasteiger partial charge in [-0.25, -0.2) is 0 Å². The SMILES string of the molecule is COCC[N+](CCO)(CCOC)CCOC. The summed E-state index contributed by atoms with van der Waals surface area (Å²) in [6.45, 7) is 5.60. The summed E-state index contributed by atoms with van der Waals surface area (Å²) in [4.78, 5) is 0. The van der Waals surface area contributed by atoms with Gasteiger partial charge >= 0.3 is 0 Å². The Balaban J connectivity index is 4.32. The lowest BCUT2D eigenvalue weighted by molar-refractivity contribution is -0.929. The lowest BCUT2D eigenvalue weighted by Gasteiger charge is -2.37. The highest BCUT2D eigenvalue weighted by Crippen LogP contribution is 2.06. The molecule has 0 unspecified atom stereocenters. The van der Waals surface area contributed by atoms with Crippen molar-refractivity contribution in [1.29, 1.82) is 0 Å². The molecule has 0 spiro atoms. The van der Waals surface area contributed by atoms with Crippen LogP contribution in [0.4, 0.5) is 0 Å². The number of hydrogen-bond donors (Lipinski definition) is 1. The molecule has 0 aliphatic rings. The predicted molar refractivity (Wildman–Crippen MR) is 62.4 cm³/mol. The molecular weight excluding hydrogens is 210 g/mol. The van der Waals surface area contributed by atoms with E-state index in [1.807, 2.05) is 0 Å². The second kappa shape index (κ2) is 9.99. The van der Waals surface area contributed by atoms with Crippen LogP contribution >= 0.6 is 0 Å². The molecular formula is C11H26NO4+. The molecule has 1 N–H and O–H groups in total. The van der Waals surface area contributed by atoms with Crippen LogP contribution in [0, 0.1) is 0 Å². The molecule has 5 nitrogen and oxygen atoms in total. The summed E-state index contributed by atoms with van der Waals surface area (Å²) >= 11 is 0. The van der Waals surface area contributed by atoms with Crippen LogP contribution in [0.5, 0.6) is 0 Å². The van der Waals surface area contributed by atoms with Gasteiger partial charge in [-0.05, 0) is 0 Å². The van der Waals surface area contributed by atoms with E-state index in [9.17, 15) is 0 Å². The first kappa shape index (κ1) is 15.8. The smallest absolute Gasteiger partial charge is 0.103 e. The van der Waals surface area contributed by atoms with Crippen molar-refractivity contribution in [2.75, 3.05) is 73.9 Å². The van der Waals surface area contributed by atoms with Gasteiger partial charge in [-0.1, -0.05) is 0 Å². The first-order valence-electron chi connectivity index (χ1n) is 5.67. The van der Waals surface area contributed by atoms with Gasteiger partial charge < -0.3 is 23.8 Å². The average molecular weight is 236 g/mol. The van der Waals surface area contributed by atoms with Crippen molar-refractivity contribution >= 4 is 0 Å². The van der Waals surface area contributed by atoms with E-state index in [0.29, 0.717) is 19.8 Å². The maximum atomic E-state index is 9.16. The van der Waals surface area contributed by atoms with Crippen LogP contribution in [0.15, 0.2) is 0 Å². The number of aliphatic hydroxyl groups excluding tert-OH is 1. The first-order chi connectivity index (χ1) is 7.74. The maximum Gasteiger partial charge on any atom is 0.103 e. The highest BCUT2D eigenvalue weighted by atomic mass is 16.5. The van der Waals surface area contributed by atoms with Crippen molar-refractivity contribution in [3.05, 3.63) is 0 Å². The molecule has 0 aromatic heterocycles. The van der Waals surface area contributed by atoms with Gasteiger partial charge in [0.15, 0.2) is 0 Å². The Kier molecular flexibility index (Phi) is 9.86. The minimum Gasteiger partial charge on any atom is -0.391 e. The molecule has 0 aromatic rings. The summed E-state index contributed by atoms with van der Waals surface area (Å²) in [5.74, 6) is 0. The van der Waals surface area contributed by atoms with Crippen LogP contribution in [0.25, 0.3) is 0 Å². The minimum atomic E-state index is 0.178. The Morgan fingerprint density at radius 1 is 0.750 bits per heavy atom. The molecule has 0 atom stereocenters. The Morgan fingerprint density at radius 3 is 1.38 bits per heavy atom. The zero-order chi connectivity index (χ0) is 12.3. The summed E-state index contributed by atoms with van der Waals surface area (Å²) in [6, 6.07) is 0. The minimum absolute atomic E-state index is 0.178. The molecule has 0 aromatic carbocycles. The van der Waals surface area contributed by atoms with Crippen LogP contribution in [-0.4, -0.2) is 83.5 Å². The van der Waals surface area contributed by atoms with Crippen molar-refractivity contribution in [1.82, 2.24) is 0 Å². The van der Waals surface area contributed by atoms with Gasteiger partial charge in [0.25, 0.3) is 0 Å². The number of quaternary nitrogens is 1. The molecule has 0 radical (unpaired) electrons. The van der Waals surface area contributed by atoms with Crippen LogP contribution < -0.4 is 0 Å². The molecule has 0 aliphatic carbocycles. The Labute approximate surface area is 98.5 Å². The standard InChI is InChI=1S/C11H26NO4/c1-14-9-5-12(4-8-13,6-10-15-2)7-11-16-3/h13H,4-11H2,1-3H3/q+1. The van der Waals surface area contributed by atoms with Crippen LogP contribution in [0.2, 0.25) is 0 Å². The van der Waals surface area contributed by atoms with Gasteiger partial charge in [-0.3, -0.25) is 0 Å². The average Bonchev–Trinajstić information content (AvgIpc) is 2.31. The molecule has 0 bridgehead atoms. The number of hydrogen-bond acceptors (Lipinski definition) is 4. The second-order valence-electron chi connectivity index (χ2n) is 3.94. The second-order valence-corrected chi connectivity index (χ2v) is 3.94. The van der Waals surface area contributed by atoms with Gasteiger partial charge in [0.1, 0.15) is 26.2 Å². The zero-order valence-corrected chi connectivity index (χ0v) is 10.8. The third-order valence-corrected chi connectivity index (χ3v) is 2.88. The lowest BCUT2D eigenvalue weighted by atomic mass is 10.3. The summed E-state index contributed by atoms with van der Waals surface area (Å²) in [5, 5.41) is 9.16. The lowest BCUT2D eigenvalue weighted by Crippen LogP contribution is -2.55. The van der Waals surface area contributed by atoms with E-state index in [0.717, 1.165) is 30.7 Å². The topological polar surface area (TPSA) is 47.9 Å². The molecule has 0 saturated carbocycles. The highest BCUT2D eigenvalue weighted by molar-refractivity contribution is 4.46. The molecule has 5 heteroatoms. The Hall–Kier alpha value is -0.200. The van der Waals surface area contributed by atoms with Crippen molar-refractivity contribution in [2.45, 2.75) is 0 Å². The van der Waals surface area contributed by atoms with Gasteiger partial charge in [-0.15, -0.1) is 0 Å². The number of methoxy groups -OCH3 is 3. The molecule has 0 fully saturated rings. The monoisotopic (exact) mass is 236 g/mol. The van der Waals surface area contributed by atoms with Gasteiger partial charge in [-0.2, -0.15) is 0 Å². The van der Waals surface area contributed by atoms with Crippen molar-refractivity contribution in [2.24, 2.45) is 0 Å². The summed E-state index contributed by atoms with van der Waals surface area (Å²) in [5.41, 5.74) is 0. The molecule has 0 rings (SSSR count). The molecule has 0 amide bonds. The van der Waals surface area contributed by atoms with E-state index >= 15 is 0 Å². The van der Waals surface area contributed by atoms with Crippen molar-refractivity contribution < 1.29 is 23.8 Å².